The fourth-order valence-electron chi connectivity index (χ4n) is 3.69. The normalized spacial score (nSPS) is 12.2. The van der Waals surface area contributed by atoms with Gasteiger partial charge in [-0.15, -0.1) is 0 Å². The van der Waals surface area contributed by atoms with Crippen LogP contribution >= 0.6 is 0 Å². The molecule has 184 valence electrons. The molecule has 0 amide bonds. The van der Waals surface area contributed by atoms with E-state index in [4.69, 9.17) is 18.9 Å². The summed E-state index contributed by atoms with van der Waals surface area (Å²) in [6, 6.07) is 24.1. The molecule has 0 aliphatic heterocycles. The van der Waals surface area contributed by atoms with Gasteiger partial charge in [0.1, 0.15) is 29.3 Å². The fourth-order valence-corrected chi connectivity index (χ4v) is 3.69. The quantitative estimate of drug-likeness (QED) is 0.272. The van der Waals surface area contributed by atoms with E-state index in [0.29, 0.717) is 11.5 Å². The van der Waals surface area contributed by atoms with Crippen molar-refractivity contribution < 1.29 is 28.5 Å². The first-order chi connectivity index (χ1) is 16.7. The number of ketones is 1. The van der Waals surface area contributed by atoms with Gasteiger partial charge in [-0.3, -0.25) is 9.59 Å². The molecule has 3 rings (SSSR count). The zero-order valence-corrected chi connectivity index (χ0v) is 20.8. The number of rotatable bonds is 10. The minimum Gasteiger partial charge on any atom is -0.497 e. The zero-order valence-electron chi connectivity index (χ0n) is 20.8. The summed E-state index contributed by atoms with van der Waals surface area (Å²) in [6.07, 6.45) is -1.96. The van der Waals surface area contributed by atoms with Gasteiger partial charge in [-0.25, -0.2) is 0 Å². The molecule has 3 aromatic rings. The van der Waals surface area contributed by atoms with Gasteiger partial charge in [0.2, 0.25) is 0 Å². The molecule has 0 aliphatic carbocycles. The van der Waals surface area contributed by atoms with Crippen LogP contribution in [0.25, 0.3) is 0 Å². The molecule has 3 aromatic carbocycles. The number of esters is 1. The third kappa shape index (κ3) is 7.17. The lowest BCUT2D eigenvalue weighted by molar-refractivity contribution is -0.157. The lowest BCUT2D eigenvalue weighted by Crippen LogP contribution is -2.33. The Labute approximate surface area is 206 Å². The maximum Gasteiger partial charge on any atom is 0.309 e. The van der Waals surface area contributed by atoms with Crippen molar-refractivity contribution in [2.75, 3.05) is 14.2 Å². The second-order valence-corrected chi connectivity index (χ2v) is 9.05. The third-order valence-electron chi connectivity index (χ3n) is 5.24. The molecular formula is C29H32O6. The molecule has 0 radical (unpaired) electrons. The van der Waals surface area contributed by atoms with E-state index in [9.17, 15) is 9.59 Å². The van der Waals surface area contributed by atoms with Crippen LogP contribution in [-0.4, -0.2) is 37.7 Å². The summed E-state index contributed by atoms with van der Waals surface area (Å²) in [5.74, 6) is -0.0709. The van der Waals surface area contributed by atoms with Crippen LogP contribution in [0.1, 0.15) is 54.8 Å². The van der Waals surface area contributed by atoms with Gasteiger partial charge in [0, 0.05) is 0 Å². The summed E-state index contributed by atoms with van der Waals surface area (Å²) >= 11 is 0. The highest BCUT2D eigenvalue weighted by atomic mass is 16.6. The number of methoxy groups -OCH3 is 2. The van der Waals surface area contributed by atoms with Crippen LogP contribution in [0.2, 0.25) is 0 Å². The Morgan fingerprint density at radius 3 is 1.86 bits per heavy atom. The molecule has 0 unspecified atom stereocenters. The third-order valence-corrected chi connectivity index (χ3v) is 5.24. The van der Waals surface area contributed by atoms with Crippen molar-refractivity contribution >= 4 is 11.8 Å². The smallest absolute Gasteiger partial charge is 0.309 e. The monoisotopic (exact) mass is 476 g/mol. The van der Waals surface area contributed by atoms with Crippen molar-refractivity contribution in [3.05, 3.63) is 95.6 Å². The van der Waals surface area contributed by atoms with E-state index < -0.39 is 29.6 Å². The predicted molar refractivity (Wildman–Crippen MR) is 134 cm³/mol. The summed E-state index contributed by atoms with van der Waals surface area (Å²) in [7, 11) is 3.00. The highest BCUT2D eigenvalue weighted by Crippen LogP contribution is 2.32. The number of Topliss-reactive ketones (excluding diaryl/α,β-unsaturated/α-hetero) is 1. The summed E-state index contributed by atoms with van der Waals surface area (Å²) in [5.41, 5.74) is 1.29. The molecule has 0 fully saturated rings. The van der Waals surface area contributed by atoms with Crippen molar-refractivity contribution in [2.45, 2.75) is 45.0 Å². The summed E-state index contributed by atoms with van der Waals surface area (Å²) < 4.78 is 22.7. The number of hydrogen-bond acceptors (Lipinski definition) is 6. The van der Waals surface area contributed by atoms with Gasteiger partial charge < -0.3 is 18.9 Å². The largest absolute Gasteiger partial charge is 0.497 e. The molecule has 0 aromatic heterocycles. The molecule has 0 heterocycles. The zero-order chi connectivity index (χ0) is 25.4. The van der Waals surface area contributed by atoms with Gasteiger partial charge in [-0.2, -0.15) is 0 Å². The van der Waals surface area contributed by atoms with Gasteiger partial charge in [0.05, 0.1) is 26.2 Å². The lowest BCUT2D eigenvalue weighted by Gasteiger charge is -2.27. The predicted octanol–water partition coefficient (Wildman–Crippen LogP) is 5.79. The second-order valence-electron chi connectivity index (χ2n) is 9.05. The van der Waals surface area contributed by atoms with Crippen molar-refractivity contribution in [2.24, 2.45) is 0 Å². The van der Waals surface area contributed by atoms with Gasteiger partial charge in [-0.05, 0) is 50.1 Å². The first-order valence-corrected chi connectivity index (χ1v) is 11.4. The molecule has 0 spiro atoms. The van der Waals surface area contributed by atoms with E-state index in [2.05, 4.69) is 0 Å². The Kier molecular flexibility index (Phi) is 8.66. The van der Waals surface area contributed by atoms with E-state index in [1.165, 1.54) is 14.2 Å². The van der Waals surface area contributed by atoms with Gasteiger partial charge in [-0.1, -0.05) is 60.7 Å². The van der Waals surface area contributed by atoms with Crippen molar-refractivity contribution in [3.8, 4) is 11.5 Å². The van der Waals surface area contributed by atoms with Crippen LogP contribution < -0.4 is 9.47 Å². The van der Waals surface area contributed by atoms with E-state index in [0.717, 1.165) is 11.1 Å². The van der Waals surface area contributed by atoms with E-state index in [-0.39, 0.29) is 12.0 Å². The highest BCUT2D eigenvalue weighted by molar-refractivity contribution is 6.03. The number of carbonyl (C=O) groups is 2. The Balaban J connectivity index is 2.03. The minimum atomic E-state index is -1.13. The van der Waals surface area contributed by atoms with Gasteiger partial charge >= 0.3 is 5.97 Å². The average Bonchev–Trinajstić information content (AvgIpc) is 2.85. The first-order valence-electron chi connectivity index (χ1n) is 11.4. The molecule has 35 heavy (non-hydrogen) atoms. The lowest BCUT2D eigenvalue weighted by atomic mass is 9.98. The van der Waals surface area contributed by atoms with Crippen LogP contribution in [0, 0.1) is 0 Å². The van der Waals surface area contributed by atoms with Crippen molar-refractivity contribution in [1.82, 2.24) is 0 Å². The second kappa shape index (κ2) is 11.7. The van der Waals surface area contributed by atoms with Crippen LogP contribution in [0.3, 0.4) is 0 Å². The summed E-state index contributed by atoms with van der Waals surface area (Å²) in [5, 5.41) is 0. The molecule has 1 atom stereocenters. The van der Waals surface area contributed by atoms with Crippen LogP contribution in [0.15, 0.2) is 78.9 Å². The number of ether oxygens (including phenoxy) is 4. The van der Waals surface area contributed by atoms with Crippen LogP contribution in [0.4, 0.5) is 0 Å². The maximum atomic E-state index is 13.8. The highest BCUT2D eigenvalue weighted by Gasteiger charge is 2.32. The first kappa shape index (κ1) is 26.0. The molecule has 0 saturated heterocycles. The summed E-state index contributed by atoms with van der Waals surface area (Å²) in [6.45, 7) is 5.35. The van der Waals surface area contributed by atoms with Gasteiger partial charge in [0.15, 0.2) is 5.78 Å². The average molecular weight is 477 g/mol. The molecule has 0 saturated carbocycles. The summed E-state index contributed by atoms with van der Waals surface area (Å²) in [4.78, 5) is 26.7. The topological polar surface area (TPSA) is 71.1 Å². The standard InChI is InChI=1S/C29H32O6/c1-29(2,3)35-26(30)19-25(27(31)23-18-22(32-4)16-17-24(23)33-5)34-28(20-12-8-6-9-13-20)21-14-10-7-11-15-21/h6-18,25,28H,19H2,1-5H3/t25-/m0/s1. The van der Waals surface area contributed by atoms with Crippen molar-refractivity contribution in [3.63, 3.8) is 0 Å². The van der Waals surface area contributed by atoms with Crippen molar-refractivity contribution in [1.29, 1.82) is 0 Å². The molecule has 0 aliphatic rings. The SMILES string of the molecule is COc1ccc(OC)c(C(=O)[C@H](CC(=O)OC(C)(C)C)OC(c2ccccc2)c2ccccc2)c1. The number of hydrogen-bond donors (Lipinski definition) is 0. The van der Waals surface area contributed by atoms with E-state index >= 15 is 0 Å². The Morgan fingerprint density at radius 2 is 1.37 bits per heavy atom. The van der Waals surface area contributed by atoms with Crippen LogP contribution in [0.5, 0.6) is 11.5 Å². The molecule has 0 bridgehead atoms. The number of benzene rings is 3. The van der Waals surface area contributed by atoms with Gasteiger partial charge in [0.25, 0.3) is 0 Å². The van der Waals surface area contributed by atoms with E-state index in [1.54, 1.807) is 39.0 Å². The Bertz CT molecular complexity index is 1080. The number of carbonyl (C=O) groups excluding carboxylic acids is 2. The molecular weight excluding hydrogens is 444 g/mol. The minimum absolute atomic E-state index is 0.257. The molecule has 6 heteroatoms. The fraction of sp³-hybridized carbons (Fsp3) is 0.310. The maximum absolute atomic E-state index is 13.8. The molecule has 0 N–H and O–H groups in total. The molecule has 6 nitrogen and oxygen atoms in total. The van der Waals surface area contributed by atoms with Crippen LogP contribution in [-0.2, 0) is 14.3 Å². The Morgan fingerprint density at radius 1 is 0.800 bits per heavy atom. The Hall–Kier alpha value is -3.64. The van der Waals surface area contributed by atoms with E-state index in [1.807, 2.05) is 60.7 Å².